The number of benzene rings is 1. The number of rotatable bonds is 5. The van der Waals surface area contributed by atoms with Gasteiger partial charge in [0.2, 0.25) is 0 Å². The molecule has 6 heteroatoms. The third kappa shape index (κ3) is 4.17. The number of aromatic nitrogens is 3. The molecular formula is C22H23N5O. The average molecular weight is 373 g/mol. The van der Waals surface area contributed by atoms with Crippen LogP contribution in [0.4, 0.5) is 5.82 Å². The highest BCUT2D eigenvalue weighted by atomic mass is 16.2. The predicted molar refractivity (Wildman–Crippen MR) is 109 cm³/mol. The molecule has 3 aromatic rings. The maximum Gasteiger partial charge on any atom is 0.253 e. The number of hydrogen-bond acceptors (Lipinski definition) is 5. The van der Waals surface area contributed by atoms with Crippen molar-refractivity contribution in [3.05, 3.63) is 71.7 Å². The van der Waals surface area contributed by atoms with Gasteiger partial charge in [0.15, 0.2) is 0 Å². The number of amides is 1. The van der Waals surface area contributed by atoms with Gasteiger partial charge in [-0.1, -0.05) is 18.2 Å². The van der Waals surface area contributed by atoms with Gasteiger partial charge in [-0.3, -0.25) is 9.78 Å². The molecule has 0 aliphatic carbocycles. The van der Waals surface area contributed by atoms with Crippen LogP contribution in [-0.2, 0) is 6.54 Å². The summed E-state index contributed by atoms with van der Waals surface area (Å²) in [7, 11) is 0. The van der Waals surface area contributed by atoms with Gasteiger partial charge < -0.3 is 10.2 Å². The van der Waals surface area contributed by atoms with Gasteiger partial charge >= 0.3 is 0 Å². The second kappa shape index (κ2) is 8.17. The van der Waals surface area contributed by atoms with Gasteiger partial charge in [0.25, 0.3) is 5.91 Å². The summed E-state index contributed by atoms with van der Waals surface area (Å²) in [5, 5.41) is 3.34. The normalized spacial score (nSPS) is 13.5. The van der Waals surface area contributed by atoms with Crippen molar-refractivity contribution in [2.75, 3.05) is 18.4 Å². The minimum Gasteiger partial charge on any atom is -0.366 e. The standard InChI is InChI=1S/C22H23N5O/c1-16-25-20(19-9-2-3-10-23-19)14-21(26-16)24-15-17-7-6-8-18(13-17)22(28)27-11-4-5-12-27/h2-3,6-10,13-14H,4-5,11-12,15H2,1H3,(H,24,25,26). The summed E-state index contributed by atoms with van der Waals surface area (Å²) in [6.07, 6.45) is 3.94. The Labute approximate surface area is 164 Å². The molecule has 1 aromatic carbocycles. The van der Waals surface area contributed by atoms with Crippen molar-refractivity contribution in [2.45, 2.75) is 26.3 Å². The molecule has 6 nitrogen and oxygen atoms in total. The Morgan fingerprint density at radius 1 is 1.04 bits per heavy atom. The van der Waals surface area contributed by atoms with Crippen LogP contribution in [0.5, 0.6) is 0 Å². The topological polar surface area (TPSA) is 71.0 Å². The highest BCUT2D eigenvalue weighted by Crippen LogP contribution is 2.19. The number of nitrogens with zero attached hydrogens (tertiary/aromatic N) is 4. The Kier molecular flexibility index (Phi) is 5.28. The fourth-order valence-electron chi connectivity index (χ4n) is 3.41. The highest BCUT2D eigenvalue weighted by molar-refractivity contribution is 5.94. The van der Waals surface area contributed by atoms with Crippen LogP contribution in [0.3, 0.4) is 0 Å². The Balaban J connectivity index is 1.48. The van der Waals surface area contributed by atoms with E-state index in [2.05, 4.69) is 20.3 Å². The lowest BCUT2D eigenvalue weighted by atomic mass is 10.1. The van der Waals surface area contributed by atoms with E-state index in [1.807, 2.05) is 60.4 Å². The Morgan fingerprint density at radius 2 is 1.89 bits per heavy atom. The van der Waals surface area contributed by atoms with Crippen LogP contribution in [0.15, 0.2) is 54.7 Å². The largest absolute Gasteiger partial charge is 0.366 e. The SMILES string of the molecule is Cc1nc(NCc2cccc(C(=O)N3CCCC3)c2)cc(-c2ccccn2)n1. The monoisotopic (exact) mass is 373 g/mol. The summed E-state index contributed by atoms with van der Waals surface area (Å²) in [6.45, 7) is 4.17. The minimum atomic E-state index is 0.120. The third-order valence-corrected chi connectivity index (χ3v) is 4.81. The number of anilines is 1. The minimum absolute atomic E-state index is 0.120. The van der Waals surface area contributed by atoms with E-state index >= 15 is 0 Å². The van der Waals surface area contributed by atoms with Crippen LogP contribution in [0.2, 0.25) is 0 Å². The second-order valence-electron chi connectivity index (χ2n) is 6.95. The molecule has 1 aliphatic heterocycles. The molecule has 1 saturated heterocycles. The van der Waals surface area contributed by atoms with Gasteiger partial charge in [-0.05, 0) is 49.6 Å². The van der Waals surface area contributed by atoms with E-state index in [1.54, 1.807) is 6.20 Å². The van der Waals surface area contributed by atoms with Gasteiger partial charge in [0.05, 0.1) is 11.4 Å². The third-order valence-electron chi connectivity index (χ3n) is 4.81. The summed E-state index contributed by atoms with van der Waals surface area (Å²) in [5.41, 5.74) is 3.39. The molecule has 1 fully saturated rings. The van der Waals surface area contributed by atoms with Crippen molar-refractivity contribution in [2.24, 2.45) is 0 Å². The molecule has 0 atom stereocenters. The average Bonchev–Trinajstić information content (AvgIpc) is 3.27. The summed E-state index contributed by atoms with van der Waals surface area (Å²) in [4.78, 5) is 27.8. The Morgan fingerprint density at radius 3 is 2.68 bits per heavy atom. The number of aryl methyl sites for hydroxylation is 1. The van der Waals surface area contributed by atoms with E-state index in [1.165, 1.54) is 0 Å². The van der Waals surface area contributed by atoms with Crippen molar-refractivity contribution in [3.63, 3.8) is 0 Å². The van der Waals surface area contributed by atoms with Crippen LogP contribution in [0, 0.1) is 6.92 Å². The number of nitrogens with one attached hydrogen (secondary N) is 1. The molecule has 28 heavy (non-hydrogen) atoms. The summed E-state index contributed by atoms with van der Waals surface area (Å²) < 4.78 is 0. The zero-order valence-corrected chi connectivity index (χ0v) is 15.9. The molecule has 3 heterocycles. The van der Waals surface area contributed by atoms with Crippen molar-refractivity contribution in [1.82, 2.24) is 19.9 Å². The molecule has 2 aromatic heterocycles. The fraction of sp³-hybridized carbons (Fsp3) is 0.273. The van der Waals surface area contributed by atoms with Crippen LogP contribution >= 0.6 is 0 Å². The first-order valence-corrected chi connectivity index (χ1v) is 9.58. The molecule has 1 amide bonds. The summed E-state index contributed by atoms with van der Waals surface area (Å²) in [6, 6.07) is 15.4. The zero-order chi connectivity index (χ0) is 19.3. The molecule has 1 aliphatic rings. The first-order valence-electron chi connectivity index (χ1n) is 9.58. The van der Waals surface area contributed by atoms with E-state index in [0.717, 1.165) is 54.3 Å². The van der Waals surface area contributed by atoms with E-state index in [4.69, 9.17) is 0 Å². The van der Waals surface area contributed by atoms with E-state index in [0.29, 0.717) is 12.4 Å². The van der Waals surface area contributed by atoms with Crippen LogP contribution in [-0.4, -0.2) is 38.8 Å². The lowest BCUT2D eigenvalue weighted by molar-refractivity contribution is 0.0792. The molecule has 142 valence electrons. The van der Waals surface area contributed by atoms with Gasteiger partial charge in [0.1, 0.15) is 11.6 Å². The molecule has 0 saturated carbocycles. The van der Waals surface area contributed by atoms with Crippen LogP contribution in [0.1, 0.15) is 34.6 Å². The first kappa shape index (κ1) is 18.1. The second-order valence-corrected chi connectivity index (χ2v) is 6.95. The van der Waals surface area contributed by atoms with Crippen molar-refractivity contribution < 1.29 is 4.79 Å². The van der Waals surface area contributed by atoms with Gasteiger partial charge in [-0.2, -0.15) is 0 Å². The zero-order valence-electron chi connectivity index (χ0n) is 15.9. The van der Waals surface area contributed by atoms with Crippen molar-refractivity contribution in [3.8, 4) is 11.4 Å². The Hall–Kier alpha value is -3.28. The summed E-state index contributed by atoms with van der Waals surface area (Å²) >= 11 is 0. The number of hydrogen-bond donors (Lipinski definition) is 1. The number of likely N-dealkylation sites (tertiary alicyclic amines) is 1. The van der Waals surface area contributed by atoms with Gasteiger partial charge in [-0.15, -0.1) is 0 Å². The molecule has 0 unspecified atom stereocenters. The highest BCUT2D eigenvalue weighted by Gasteiger charge is 2.19. The Bertz CT molecular complexity index is 968. The van der Waals surface area contributed by atoms with E-state index in [-0.39, 0.29) is 5.91 Å². The lowest BCUT2D eigenvalue weighted by Crippen LogP contribution is -2.27. The van der Waals surface area contributed by atoms with Crippen LogP contribution in [0.25, 0.3) is 11.4 Å². The molecule has 1 N–H and O–H groups in total. The van der Waals surface area contributed by atoms with Crippen molar-refractivity contribution >= 4 is 11.7 Å². The number of pyridine rings is 1. The molecule has 0 radical (unpaired) electrons. The van der Waals surface area contributed by atoms with Crippen molar-refractivity contribution in [1.29, 1.82) is 0 Å². The molecule has 0 bridgehead atoms. The van der Waals surface area contributed by atoms with Crippen LogP contribution < -0.4 is 5.32 Å². The van der Waals surface area contributed by atoms with Gasteiger partial charge in [-0.25, -0.2) is 9.97 Å². The van der Waals surface area contributed by atoms with Gasteiger partial charge in [0, 0.05) is 37.5 Å². The smallest absolute Gasteiger partial charge is 0.253 e. The molecule has 0 spiro atoms. The number of carbonyl (C=O) groups excluding carboxylic acids is 1. The lowest BCUT2D eigenvalue weighted by Gasteiger charge is -2.16. The quantitative estimate of drug-likeness (QED) is 0.738. The number of carbonyl (C=O) groups is 1. The first-order chi connectivity index (χ1) is 13.7. The summed E-state index contributed by atoms with van der Waals surface area (Å²) in [5.74, 6) is 1.54. The predicted octanol–water partition coefficient (Wildman–Crippen LogP) is 3.70. The van der Waals surface area contributed by atoms with E-state index < -0.39 is 0 Å². The van der Waals surface area contributed by atoms with E-state index in [9.17, 15) is 4.79 Å². The maximum absolute atomic E-state index is 12.6. The maximum atomic E-state index is 12.6. The fourth-order valence-corrected chi connectivity index (χ4v) is 3.41. The molecule has 4 rings (SSSR count). The molecular weight excluding hydrogens is 350 g/mol.